The van der Waals surface area contributed by atoms with Crippen LogP contribution in [-0.2, 0) is 4.74 Å². The monoisotopic (exact) mass is 254 g/mol. The average molecular weight is 254 g/mol. The third kappa shape index (κ3) is 3.69. The van der Waals surface area contributed by atoms with Gasteiger partial charge in [0.15, 0.2) is 0 Å². The van der Waals surface area contributed by atoms with Crippen LogP contribution in [0, 0.1) is 17.8 Å². The van der Waals surface area contributed by atoms with Gasteiger partial charge in [-0.1, -0.05) is 20.8 Å². The Morgan fingerprint density at radius 1 is 1.17 bits per heavy atom. The van der Waals surface area contributed by atoms with Crippen molar-refractivity contribution in [1.29, 1.82) is 0 Å². The molecule has 1 aliphatic heterocycles. The number of nitrogens with one attached hydrogen (secondary N) is 1. The van der Waals surface area contributed by atoms with Crippen LogP contribution in [0.25, 0.3) is 0 Å². The molecule has 18 heavy (non-hydrogen) atoms. The van der Waals surface area contributed by atoms with E-state index in [4.69, 9.17) is 4.74 Å². The van der Waals surface area contributed by atoms with Crippen molar-refractivity contribution >= 4 is 0 Å². The van der Waals surface area contributed by atoms with Crippen molar-refractivity contribution < 1.29 is 4.74 Å². The molecule has 0 radical (unpaired) electrons. The predicted octanol–water partition coefficient (Wildman–Crippen LogP) is 1.98. The van der Waals surface area contributed by atoms with Crippen molar-refractivity contribution in [2.45, 2.75) is 39.7 Å². The lowest BCUT2D eigenvalue weighted by atomic mass is 9.72. The highest BCUT2D eigenvalue weighted by Crippen LogP contribution is 2.34. The first-order valence-corrected chi connectivity index (χ1v) is 7.74. The summed E-state index contributed by atoms with van der Waals surface area (Å²) >= 11 is 0. The molecule has 4 atom stereocenters. The maximum absolute atomic E-state index is 5.45. The number of hydrogen-bond donors (Lipinski definition) is 1. The van der Waals surface area contributed by atoms with Gasteiger partial charge in [0.2, 0.25) is 0 Å². The molecule has 0 aromatic heterocycles. The summed E-state index contributed by atoms with van der Waals surface area (Å²) in [5.41, 5.74) is 0. The standard InChI is InChI=1S/C15H30N2O/c1-4-16-15-10-12(2)9-13(3)14(15)11-17-5-7-18-8-6-17/h12-16H,4-11H2,1-3H3. The molecular formula is C15H30N2O. The Morgan fingerprint density at radius 2 is 1.89 bits per heavy atom. The summed E-state index contributed by atoms with van der Waals surface area (Å²) in [6.45, 7) is 13.5. The third-order valence-electron chi connectivity index (χ3n) is 4.72. The second kappa shape index (κ2) is 6.88. The van der Waals surface area contributed by atoms with Crippen molar-refractivity contribution in [3.05, 3.63) is 0 Å². The van der Waals surface area contributed by atoms with E-state index in [1.165, 1.54) is 19.4 Å². The van der Waals surface area contributed by atoms with Crippen LogP contribution in [0.1, 0.15) is 33.6 Å². The Labute approximate surface area is 112 Å². The molecule has 0 spiro atoms. The van der Waals surface area contributed by atoms with E-state index < -0.39 is 0 Å². The molecule has 0 bridgehead atoms. The average Bonchev–Trinajstić information content (AvgIpc) is 2.35. The summed E-state index contributed by atoms with van der Waals surface area (Å²) < 4.78 is 5.45. The van der Waals surface area contributed by atoms with Crippen LogP contribution >= 0.6 is 0 Å². The molecule has 0 aromatic rings. The molecule has 3 nitrogen and oxygen atoms in total. The largest absolute Gasteiger partial charge is 0.379 e. The van der Waals surface area contributed by atoms with Gasteiger partial charge in [0.1, 0.15) is 0 Å². The van der Waals surface area contributed by atoms with E-state index in [1.807, 2.05) is 0 Å². The van der Waals surface area contributed by atoms with Crippen molar-refractivity contribution in [2.24, 2.45) is 17.8 Å². The topological polar surface area (TPSA) is 24.5 Å². The van der Waals surface area contributed by atoms with Crippen LogP contribution in [0.15, 0.2) is 0 Å². The molecule has 106 valence electrons. The first-order chi connectivity index (χ1) is 8.70. The minimum Gasteiger partial charge on any atom is -0.379 e. The minimum atomic E-state index is 0.719. The van der Waals surface area contributed by atoms with Gasteiger partial charge in [0.05, 0.1) is 13.2 Å². The normalized spacial score (nSPS) is 38.8. The Balaban J connectivity index is 1.92. The zero-order chi connectivity index (χ0) is 13.0. The molecule has 1 saturated heterocycles. The lowest BCUT2D eigenvalue weighted by molar-refractivity contribution is 0.0139. The van der Waals surface area contributed by atoms with Gasteiger partial charge in [-0.25, -0.2) is 0 Å². The van der Waals surface area contributed by atoms with Crippen LogP contribution in [0.2, 0.25) is 0 Å². The molecule has 0 aromatic carbocycles. The van der Waals surface area contributed by atoms with Crippen LogP contribution < -0.4 is 5.32 Å². The van der Waals surface area contributed by atoms with E-state index in [-0.39, 0.29) is 0 Å². The van der Waals surface area contributed by atoms with Gasteiger partial charge in [-0.2, -0.15) is 0 Å². The number of ether oxygens (including phenoxy) is 1. The van der Waals surface area contributed by atoms with Crippen molar-refractivity contribution in [2.75, 3.05) is 39.4 Å². The van der Waals surface area contributed by atoms with Gasteiger partial charge in [-0.15, -0.1) is 0 Å². The summed E-state index contributed by atoms with van der Waals surface area (Å²) in [6.07, 6.45) is 2.75. The van der Waals surface area contributed by atoms with Gasteiger partial charge < -0.3 is 10.1 Å². The number of nitrogens with zero attached hydrogens (tertiary/aromatic N) is 1. The number of rotatable bonds is 4. The Hall–Kier alpha value is -0.120. The zero-order valence-corrected chi connectivity index (χ0v) is 12.3. The fraction of sp³-hybridized carbons (Fsp3) is 1.00. The van der Waals surface area contributed by atoms with Gasteiger partial charge in [-0.3, -0.25) is 4.90 Å². The van der Waals surface area contributed by atoms with E-state index in [2.05, 4.69) is 31.0 Å². The van der Waals surface area contributed by atoms with Crippen LogP contribution in [0.3, 0.4) is 0 Å². The van der Waals surface area contributed by atoms with Crippen LogP contribution in [-0.4, -0.2) is 50.3 Å². The highest BCUT2D eigenvalue weighted by atomic mass is 16.5. The van der Waals surface area contributed by atoms with Gasteiger partial charge >= 0.3 is 0 Å². The smallest absolute Gasteiger partial charge is 0.0594 e. The predicted molar refractivity (Wildman–Crippen MR) is 75.8 cm³/mol. The zero-order valence-electron chi connectivity index (χ0n) is 12.3. The van der Waals surface area contributed by atoms with Gasteiger partial charge in [-0.05, 0) is 37.1 Å². The van der Waals surface area contributed by atoms with Crippen molar-refractivity contribution in [1.82, 2.24) is 10.2 Å². The summed E-state index contributed by atoms with van der Waals surface area (Å²) in [4.78, 5) is 2.60. The summed E-state index contributed by atoms with van der Waals surface area (Å²) in [5.74, 6) is 2.55. The lowest BCUT2D eigenvalue weighted by Crippen LogP contribution is -2.50. The maximum atomic E-state index is 5.45. The molecule has 0 amide bonds. The SMILES string of the molecule is CCNC1CC(C)CC(C)C1CN1CCOCC1. The number of hydrogen-bond acceptors (Lipinski definition) is 3. The van der Waals surface area contributed by atoms with Gasteiger partial charge in [0, 0.05) is 25.7 Å². The first-order valence-electron chi connectivity index (χ1n) is 7.74. The molecular weight excluding hydrogens is 224 g/mol. The second-order valence-corrected chi connectivity index (χ2v) is 6.29. The molecule has 1 saturated carbocycles. The Morgan fingerprint density at radius 3 is 2.56 bits per heavy atom. The molecule has 1 aliphatic carbocycles. The highest BCUT2D eigenvalue weighted by Gasteiger charge is 2.34. The third-order valence-corrected chi connectivity index (χ3v) is 4.72. The molecule has 3 heteroatoms. The summed E-state index contributed by atoms with van der Waals surface area (Å²) in [6, 6.07) is 0.719. The van der Waals surface area contributed by atoms with Crippen LogP contribution in [0.5, 0.6) is 0 Å². The Kier molecular flexibility index (Phi) is 5.46. The highest BCUT2D eigenvalue weighted by molar-refractivity contribution is 4.89. The van der Waals surface area contributed by atoms with E-state index in [0.29, 0.717) is 0 Å². The molecule has 2 aliphatic rings. The van der Waals surface area contributed by atoms with Crippen LogP contribution in [0.4, 0.5) is 0 Å². The first kappa shape index (κ1) is 14.3. The Bertz CT molecular complexity index is 241. The summed E-state index contributed by atoms with van der Waals surface area (Å²) in [7, 11) is 0. The van der Waals surface area contributed by atoms with E-state index in [9.17, 15) is 0 Å². The number of morpholine rings is 1. The molecule has 1 N–H and O–H groups in total. The van der Waals surface area contributed by atoms with Crippen molar-refractivity contribution in [3.8, 4) is 0 Å². The minimum absolute atomic E-state index is 0.719. The quantitative estimate of drug-likeness (QED) is 0.830. The lowest BCUT2D eigenvalue weighted by Gasteiger charge is -2.43. The molecule has 4 unspecified atom stereocenters. The van der Waals surface area contributed by atoms with E-state index >= 15 is 0 Å². The fourth-order valence-corrected chi connectivity index (χ4v) is 3.80. The van der Waals surface area contributed by atoms with E-state index in [1.54, 1.807) is 0 Å². The second-order valence-electron chi connectivity index (χ2n) is 6.29. The fourth-order valence-electron chi connectivity index (χ4n) is 3.80. The van der Waals surface area contributed by atoms with Crippen molar-refractivity contribution in [3.63, 3.8) is 0 Å². The maximum Gasteiger partial charge on any atom is 0.0594 e. The van der Waals surface area contributed by atoms with Gasteiger partial charge in [0.25, 0.3) is 0 Å². The van der Waals surface area contributed by atoms with E-state index in [0.717, 1.165) is 56.6 Å². The molecule has 1 heterocycles. The molecule has 2 fully saturated rings. The summed E-state index contributed by atoms with van der Waals surface area (Å²) in [5, 5.41) is 3.73. The molecule has 2 rings (SSSR count).